The van der Waals surface area contributed by atoms with Gasteiger partial charge < -0.3 is 4.42 Å². The predicted molar refractivity (Wildman–Crippen MR) is 63.7 cm³/mol. The summed E-state index contributed by atoms with van der Waals surface area (Å²) >= 11 is 0. The molecule has 2 aromatic rings. The molecule has 0 saturated carbocycles. The molecule has 0 aliphatic carbocycles. The van der Waals surface area contributed by atoms with E-state index in [0.29, 0.717) is 5.89 Å². The molecular formula is C12H13NO2S. The molecule has 3 nitrogen and oxygen atoms in total. The van der Waals surface area contributed by atoms with E-state index in [-0.39, 0.29) is 0 Å². The lowest BCUT2D eigenvalue weighted by Crippen LogP contribution is -1.86. The van der Waals surface area contributed by atoms with Crippen molar-refractivity contribution in [3.05, 3.63) is 35.7 Å². The molecule has 4 heteroatoms. The highest BCUT2D eigenvalue weighted by Gasteiger charge is 2.08. The van der Waals surface area contributed by atoms with Crippen LogP contribution in [0.2, 0.25) is 0 Å². The zero-order valence-corrected chi connectivity index (χ0v) is 10.3. The topological polar surface area (TPSA) is 43.1 Å². The number of benzene rings is 1. The van der Waals surface area contributed by atoms with Gasteiger partial charge in [-0.3, -0.25) is 4.21 Å². The standard InChI is InChI=1S/C12H13NO2S/c1-8-9(2)15-12(13-8)10-4-6-11(7-5-10)16(3)14/h4-7H,1-3H3. The van der Waals surface area contributed by atoms with Crippen LogP contribution in [-0.4, -0.2) is 15.4 Å². The van der Waals surface area contributed by atoms with Gasteiger partial charge in [-0.15, -0.1) is 0 Å². The molecule has 1 heterocycles. The van der Waals surface area contributed by atoms with Gasteiger partial charge in [-0.05, 0) is 38.1 Å². The van der Waals surface area contributed by atoms with Gasteiger partial charge in [0.15, 0.2) is 0 Å². The fourth-order valence-electron chi connectivity index (χ4n) is 1.39. The first-order chi connectivity index (χ1) is 7.58. The van der Waals surface area contributed by atoms with E-state index in [2.05, 4.69) is 4.98 Å². The van der Waals surface area contributed by atoms with Crippen molar-refractivity contribution in [3.8, 4) is 11.5 Å². The van der Waals surface area contributed by atoms with E-state index in [0.717, 1.165) is 21.9 Å². The highest BCUT2D eigenvalue weighted by molar-refractivity contribution is 7.84. The molecular weight excluding hydrogens is 222 g/mol. The maximum Gasteiger partial charge on any atom is 0.226 e. The SMILES string of the molecule is Cc1nc(-c2ccc(S(C)=O)cc2)oc1C. The van der Waals surface area contributed by atoms with Gasteiger partial charge in [0, 0.05) is 27.5 Å². The van der Waals surface area contributed by atoms with Gasteiger partial charge in [0.25, 0.3) is 0 Å². The van der Waals surface area contributed by atoms with Crippen LogP contribution in [0, 0.1) is 13.8 Å². The average molecular weight is 235 g/mol. The molecule has 2 rings (SSSR count). The molecule has 1 aromatic carbocycles. The molecule has 0 aliphatic rings. The molecule has 0 N–H and O–H groups in total. The third kappa shape index (κ3) is 2.07. The fourth-order valence-corrected chi connectivity index (χ4v) is 1.90. The highest BCUT2D eigenvalue weighted by atomic mass is 32.2. The van der Waals surface area contributed by atoms with E-state index in [4.69, 9.17) is 4.42 Å². The summed E-state index contributed by atoms with van der Waals surface area (Å²) < 4.78 is 16.7. The molecule has 0 saturated heterocycles. The second-order valence-electron chi connectivity index (χ2n) is 3.64. The maximum atomic E-state index is 11.2. The Morgan fingerprint density at radius 1 is 1.19 bits per heavy atom. The van der Waals surface area contributed by atoms with Crippen LogP contribution in [0.5, 0.6) is 0 Å². The van der Waals surface area contributed by atoms with Crippen LogP contribution < -0.4 is 0 Å². The van der Waals surface area contributed by atoms with Gasteiger partial charge in [0.1, 0.15) is 5.76 Å². The second kappa shape index (κ2) is 4.22. The van der Waals surface area contributed by atoms with Crippen LogP contribution in [0.15, 0.2) is 33.6 Å². The Balaban J connectivity index is 2.38. The molecule has 0 spiro atoms. The number of nitrogens with zero attached hydrogens (tertiary/aromatic N) is 1. The third-order valence-electron chi connectivity index (χ3n) is 2.46. The van der Waals surface area contributed by atoms with Crippen molar-refractivity contribution in [2.24, 2.45) is 0 Å². The van der Waals surface area contributed by atoms with Gasteiger partial charge in [0.2, 0.25) is 5.89 Å². The van der Waals surface area contributed by atoms with Crippen molar-refractivity contribution in [1.82, 2.24) is 4.98 Å². The second-order valence-corrected chi connectivity index (χ2v) is 5.02. The van der Waals surface area contributed by atoms with Gasteiger partial charge in [-0.1, -0.05) is 0 Å². The number of aromatic nitrogens is 1. The Hall–Kier alpha value is -1.42. The minimum absolute atomic E-state index is 0.614. The molecule has 16 heavy (non-hydrogen) atoms. The Bertz CT molecular complexity index is 509. The Labute approximate surface area is 97.0 Å². The molecule has 0 aliphatic heterocycles. The first-order valence-corrected chi connectivity index (χ1v) is 6.51. The first kappa shape index (κ1) is 11.1. The van der Waals surface area contributed by atoms with Crippen molar-refractivity contribution in [2.45, 2.75) is 18.7 Å². The summed E-state index contributed by atoms with van der Waals surface area (Å²) in [5, 5.41) is 0. The Morgan fingerprint density at radius 3 is 2.25 bits per heavy atom. The lowest BCUT2D eigenvalue weighted by atomic mass is 10.2. The summed E-state index contributed by atoms with van der Waals surface area (Å²) in [6.45, 7) is 3.80. The van der Waals surface area contributed by atoms with Crippen LogP contribution in [0.4, 0.5) is 0 Å². The largest absolute Gasteiger partial charge is 0.441 e. The third-order valence-corrected chi connectivity index (χ3v) is 3.40. The normalized spacial score (nSPS) is 12.7. The van der Waals surface area contributed by atoms with E-state index in [1.807, 2.05) is 38.1 Å². The van der Waals surface area contributed by atoms with Crippen LogP contribution in [0.3, 0.4) is 0 Å². The number of oxazole rings is 1. The molecule has 0 fully saturated rings. The molecule has 0 radical (unpaired) electrons. The molecule has 1 atom stereocenters. The maximum absolute atomic E-state index is 11.2. The van der Waals surface area contributed by atoms with Crippen molar-refractivity contribution in [2.75, 3.05) is 6.26 Å². The van der Waals surface area contributed by atoms with Crippen molar-refractivity contribution in [3.63, 3.8) is 0 Å². The quantitative estimate of drug-likeness (QED) is 0.803. The summed E-state index contributed by atoms with van der Waals surface area (Å²) in [5.41, 5.74) is 1.81. The highest BCUT2D eigenvalue weighted by Crippen LogP contribution is 2.22. The summed E-state index contributed by atoms with van der Waals surface area (Å²) in [4.78, 5) is 5.12. The van der Waals surface area contributed by atoms with Crippen LogP contribution in [0.25, 0.3) is 11.5 Å². The Kier molecular flexibility index (Phi) is 2.92. The van der Waals surface area contributed by atoms with Gasteiger partial charge >= 0.3 is 0 Å². The van der Waals surface area contributed by atoms with Crippen molar-refractivity contribution < 1.29 is 8.63 Å². The van der Waals surface area contributed by atoms with Crippen molar-refractivity contribution in [1.29, 1.82) is 0 Å². The van der Waals surface area contributed by atoms with E-state index >= 15 is 0 Å². The van der Waals surface area contributed by atoms with Gasteiger partial charge in [-0.25, -0.2) is 4.98 Å². The molecule has 1 unspecified atom stereocenters. The molecule has 0 amide bonds. The first-order valence-electron chi connectivity index (χ1n) is 4.96. The minimum atomic E-state index is -0.944. The number of aryl methyl sites for hydroxylation is 2. The summed E-state index contributed by atoms with van der Waals surface area (Å²) in [6, 6.07) is 7.42. The lowest BCUT2D eigenvalue weighted by molar-refractivity contribution is 0.541. The van der Waals surface area contributed by atoms with Crippen LogP contribution in [-0.2, 0) is 10.8 Å². The molecule has 1 aromatic heterocycles. The van der Waals surface area contributed by atoms with E-state index in [1.165, 1.54) is 0 Å². The number of hydrogen-bond acceptors (Lipinski definition) is 3. The smallest absolute Gasteiger partial charge is 0.226 e. The predicted octanol–water partition coefficient (Wildman–Crippen LogP) is 2.70. The van der Waals surface area contributed by atoms with Crippen LogP contribution in [0.1, 0.15) is 11.5 Å². The van der Waals surface area contributed by atoms with Crippen LogP contribution >= 0.6 is 0 Å². The van der Waals surface area contributed by atoms with E-state index < -0.39 is 10.8 Å². The zero-order chi connectivity index (χ0) is 11.7. The lowest BCUT2D eigenvalue weighted by Gasteiger charge is -1.97. The Morgan fingerprint density at radius 2 is 1.81 bits per heavy atom. The summed E-state index contributed by atoms with van der Waals surface area (Å²) in [7, 11) is -0.944. The van der Waals surface area contributed by atoms with Crippen molar-refractivity contribution >= 4 is 10.8 Å². The minimum Gasteiger partial charge on any atom is -0.441 e. The van der Waals surface area contributed by atoms with Gasteiger partial charge in [-0.2, -0.15) is 0 Å². The summed E-state index contributed by atoms with van der Waals surface area (Å²) in [5.74, 6) is 1.45. The van der Waals surface area contributed by atoms with E-state index in [1.54, 1.807) is 6.26 Å². The number of rotatable bonds is 2. The van der Waals surface area contributed by atoms with E-state index in [9.17, 15) is 4.21 Å². The fraction of sp³-hybridized carbons (Fsp3) is 0.250. The number of hydrogen-bond donors (Lipinski definition) is 0. The molecule has 0 bridgehead atoms. The monoisotopic (exact) mass is 235 g/mol. The molecule has 84 valence electrons. The summed E-state index contributed by atoms with van der Waals surface area (Å²) in [6.07, 6.45) is 1.66. The van der Waals surface area contributed by atoms with Gasteiger partial charge in [0.05, 0.1) is 5.69 Å². The average Bonchev–Trinajstić information content (AvgIpc) is 2.59. The zero-order valence-electron chi connectivity index (χ0n) is 9.48.